The zero-order valence-electron chi connectivity index (χ0n) is 11.9. The normalized spacial score (nSPS) is 18.6. The van der Waals surface area contributed by atoms with Gasteiger partial charge in [-0.3, -0.25) is 0 Å². The molecular weight excluding hydrogens is 257 g/mol. The fourth-order valence-electron chi connectivity index (χ4n) is 3.08. The molecule has 5 heteroatoms. The van der Waals surface area contributed by atoms with E-state index in [-0.39, 0.29) is 11.9 Å². The first-order valence-electron chi connectivity index (χ1n) is 7.09. The third-order valence-electron chi connectivity index (χ3n) is 4.35. The molecule has 1 saturated heterocycles. The second-order valence-electron chi connectivity index (χ2n) is 5.62. The maximum Gasteiger partial charge on any atom is 0.201 e. The summed E-state index contributed by atoms with van der Waals surface area (Å²) in [6, 6.07) is 3.55. The van der Waals surface area contributed by atoms with Crippen molar-refractivity contribution < 1.29 is 9.13 Å². The Morgan fingerprint density at radius 1 is 1.40 bits per heavy atom. The fraction of sp³-hybridized carbons (Fsp3) is 0.533. The van der Waals surface area contributed by atoms with Gasteiger partial charge >= 0.3 is 0 Å². The number of ether oxygens (including phenoxy) is 1. The van der Waals surface area contributed by atoms with Gasteiger partial charge in [-0.15, -0.1) is 0 Å². The topological polar surface area (TPSA) is 53.1 Å². The lowest BCUT2D eigenvalue weighted by molar-refractivity contribution is 0.0521. The summed E-state index contributed by atoms with van der Waals surface area (Å²) in [5, 5.41) is 0. The van der Waals surface area contributed by atoms with Gasteiger partial charge in [0.25, 0.3) is 0 Å². The molecule has 3 rings (SSSR count). The predicted molar refractivity (Wildman–Crippen MR) is 77.1 cm³/mol. The van der Waals surface area contributed by atoms with E-state index in [0.717, 1.165) is 31.6 Å². The van der Waals surface area contributed by atoms with Crippen molar-refractivity contribution in [1.29, 1.82) is 0 Å². The summed E-state index contributed by atoms with van der Waals surface area (Å²) in [5.74, 6) is 0.749. The van der Waals surface area contributed by atoms with Gasteiger partial charge in [-0.1, -0.05) is 0 Å². The van der Waals surface area contributed by atoms with Gasteiger partial charge in [-0.05, 0) is 44.2 Å². The van der Waals surface area contributed by atoms with Gasteiger partial charge < -0.3 is 15.0 Å². The molecule has 1 aromatic heterocycles. The van der Waals surface area contributed by atoms with Crippen molar-refractivity contribution >= 4 is 17.0 Å². The first kappa shape index (κ1) is 13.4. The van der Waals surface area contributed by atoms with Crippen LogP contribution in [0.25, 0.3) is 11.0 Å². The number of nitrogens with two attached hydrogens (primary N) is 1. The lowest BCUT2D eigenvalue weighted by atomic mass is 9.92. The molecule has 1 atom stereocenters. The highest BCUT2D eigenvalue weighted by atomic mass is 19.1. The first-order chi connectivity index (χ1) is 9.58. The van der Waals surface area contributed by atoms with Crippen molar-refractivity contribution in [3.05, 3.63) is 23.5 Å². The van der Waals surface area contributed by atoms with Crippen molar-refractivity contribution in [2.75, 3.05) is 18.9 Å². The van der Waals surface area contributed by atoms with Gasteiger partial charge in [0.15, 0.2) is 0 Å². The Morgan fingerprint density at radius 2 is 2.10 bits per heavy atom. The Morgan fingerprint density at radius 3 is 2.80 bits per heavy atom. The van der Waals surface area contributed by atoms with E-state index in [0.29, 0.717) is 22.9 Å². The summed E-state index contributed by atoms with van der Waals surface area (Å²) in [6.07, 6.45) is 2.06. The molecule has 1 aromatic carbocycles. The maximum atomic E-state index is 13.6. The average molecular weight is 277 g/mol. The summed E-state index contributed by atoms with van der Waals surface area (Å²) < 4.78 is 21.1. The van der Waals surface area contributed by atoms with E-state index >= 15 is 0 Å². The Kier molecular flexibility index (Phi) is 3.38. The van der Waals surface area contributed by atoms with Crippen LogP contribution in [-0.2, 0) is 4.74 Å². The smallest absolute Gasteiger partial charge is 0.201 e. The Hall–Kier alpha value is -1.62. The van der Waals surface area contributed by atoms with E-state index < -0.39 is 0 Å². The van der Waals surface area contributed by atoms with Crippen molar-refractivity contribution in [2.45, 2.75) is 32.7 Å². The van der Waals surface area contributed by atoms with Gasteiger partial charge in [0, 0.05) is 25.3 Å². The first-order valence-corrected chi connectivity index (χ1v) is 7.09. The van der Waals surface area contributed by atoms with Gasteiger partial charge in [0.1, 0.15) is 5.82 Å². The SMILES string of the molecule is Cc1cc2c(cc1F)nc(N)n2C(C)C1CCOCC1. The summed E-state index contributed by atoms with van der Waals surface area (Å²) in [6.45, 7) is 5.53. The van der Waals surface area contributed by atoms with Gasteiger partial charge in [-0.2, -0.15) is 0 Å². The number of aryl methyl sites for hydroxylation is 1. The van der Waals surface area contributed by atoms with Crippen LogP contribution >= 0.6 is 0 Å². The molecule has 0 saturated carbocycles. The van der Waals surface area contributed by atoms with Crippen molar-refractivity contribution in [1.82, 2.24) is 9.55 Å². The molecule has 0 bridgehead atoms. The largest absolute Gasteiger partial charge is 0.381 e. The maximum absolute atomic E-state index is 13.6. The number of aromatic nitrogens is 2. The Balaban J connectivity index is 2.05. The molecule has 4 nitrogen and oxygen atoms in total. The van der Waals surface area contributed by atoms with Gasteiger partial charge in [-0.25, -0.2) is 9.37 Å². The quantitative estimate of drug-likeness (QED) is 0.918. The monoisotopic (exact) mass is 277 g/mol. The molecule has 1 aliphatic heterocycles. The van der Waals surface area contributed by atoms with Crippen molar-refractivity contribution in [3.63, 3.8) is 0 Å². The number of fused-ring (bicyclic) bond motifs is 1. The van der Waals surface area contributed by atoms with Crippen LogP contribution in [0.1, 0.15) is 31.4 Å². The number of rotatable bonds is 2. The number of imidazole rings is 1. The van der Waals surface area contributed by atoms with Crippen LogP contribution in [0.4, 0.5) is 10.3 Å². The lowest BCUT2D eigenvalue weighted by Gasteiger charge is -2.29. The van der Waals surface area contributed by atoms with E-state index in [4.69, 9.17) is 10.5 Å². The Labute approximate surface area is 117 Å². The van der Waals surface area contributed by atoms with Crippen LogP contribution in [0.2, 0.25) is 0 Å². The lowest BCUT2D eigenvalue weighted by Crippen LogP contribution is -2.24. The van der Waals surface area contributed by atoms with Crippen LogP contribution in [0.5, 0.6) is 0 Å². The molecule has 1 unspecified atom stereocenters. The van der Waals surface area contributed by atoms with Crippen molar-refractivity contribution in [3.8, 4) is 0 Å². The minimum absolute atomic E-state index is 0.235. The molecular formula is C15H20FN3O. The van der Waals surface area contributed by atoms with E-state index in [1.54, 1.807) is 6.92 Å². The molecule has 0 radical (unpaired) electrons. The number of hydrogen-bond donors (Lipinski definition) is 1. The minimum atomic E-state index is -0.235. The van der Waals surface area contributed by atoms with Crippen LogP contribution in [0.3, 0.4) is 0 Å². The van der Waals surface area contributed by atoms with Crippen LogP contribution in [-0.4, -0.2) is 22.8 Å². The average Bonchev–Trinajstić information content (AvgIpc) is 2.75. The summed E-state index contributed by atoms with van der Waals surface area (Å²) in [5.41, 5.74) is 8.23. The van der Waals surface area contributed by atoms with E-state index in [1.165, 1.54) is 6.07 Å². The number of hydrogen-bond acceptors (Lipinski definition) is 3. The molecule has 0 aliphatic carbocycles. The highest BCUT2D eigenvalue weighted by molar-refractivity contribution is 5.79. The number of anilines is 1. The standard InChI is InChI=1S/C15H20FN3O/c1-9-7-14-13(8-12(9)16)18-15(17)19(14)10(2)11-3-5-20-6-4-11/h7-8,10-11H,3-6H2,1-2H3,(H2,17,18). The van der Waals surface area contributed by atoms with E-state index in [9.17, 15) is 4.39 Å². The minimum Gasteiger partial charge on any atom is -0.381 e. The van der Waals surface area contributed by atoms with Gasteiger partial charge in [0.2, 0.25) is 5.95 Å². The molecule has 20 heavy (non-hydrogen) atoms. The summed E-state index contributed by atoms with van der Waals surface area (Å²) >= 11 is 0. The summed E-state index contributed by atoms with van der Waals surface area (Å²) in [4.78, 5) is 4.30. The molecule has 0 amide bonds. The third-order valence-corrected chi connectivity index (χ3v) is 4.35. The van der Waals surface area contributed by atoms with Crippen LogP contribution < -0.4 is 5.73 Å². The highest BCUT2D eigenvalue weighted by Gasteiger charge is 2.25. The third kappa shape index (κ3) is 2.16. The Bertz CT molecular complexity index is 632. The van der Waals surface area contributed by atoms with Gasteiger partial charge in [0.05, 0.1) is 11.0 Å². The van der Waals surface area contributed by atoms with E-state index in [2.05, 4.69) is 11.9 Å². The second kappa shape index (κ2) is 5.05. The molecule has 1 fully saturated rings. The fourth-order valence-corrected chi connectivity index (χ4v) is 3.08. The number of halogens is 1. The van der Waals surface area contributed by atoms with Crippen molar-refractivity contribution in [2.24, 2.45) is 5.92 Å². The predicted octanol–water partition coefficient (Wildman–Crippen LogP) is 3.05. The molecule has 2 N–H and O–H groups in total. The number of benzene rings is 1. The summed E-state index contributed by atoms with van der Waals surface area (Å²) in [7, 11) is 0. The molecule has 0 spiro atoms. The zero-order chi connectivity index (χ0) is 14.3. The number of nitrogen functional groups attached to an aromatic ring is 1. The highest BCUT2D eigenvalue weighted by Crippen LogP contribution is 2.33. The zero-order valence-corrected chi connectivity index (χ0v) is 11.9. The molecule has 1 aliphatic rings. The second-order valence-corrected chi connectivity index (χ2v) is 5.62. The molecule has 2 heterocycles. The number of nitrogens with zero attached hydrogens (tertiary/aromatic N) is 2. The molecule has 108 valence electrons. The molecule has 2 aromatic rings. The van der Waals surface area contributed by atoms with Crippen LogP contribution in [0, 0.1) is 18.7 Å². The van der Waals surface area contributed by atoms with E-state index in [1.807, 2.05) is 10.6 Å². The van der Waals surface area contributed by atoms with Crippen LogP contribution in [0.15, 0.2) is 12.1 Å².